The lowest BCUT2D eigenvalue weighted by molar-refractivity contribution is 0.672. The lowest BCUT2D eigenvalue weighted by atomic mass is 10.1. The molecule has 0 bridgehead atoms. The van der Waals surface area contributed by atoms with Crippen molar-refractivity contribution in [3.8, 4) is 0 Å². The number of rotatable bonds is 5. The molecule has 0 aliphatic heterocycles. The number of nitrogens with one attached hydrogen (secondary N) is 1. The van der Waals surface area contributed by atoms with Crippen molar-refractivity contribution < 1.29 is 0 Å². The number of hydrogen-bond acceptors (Lipinski definition) is 2. The number of nitrogens with zero attached hydrogens (tertiary/aromatic N) is 1. The van der Waals surface area contributed by atoms with Crippen LogP contribution in [0.5, 0.6) is 0 Å². The molecule has 2 heteroatoms. The number of pyridine rings is 1. The molecule has 1 aromatic heterocycles. The van der Waals surface area contributed by atoms with E-state index in [1.54, 1.807) is 0 Å². The minimum absolute atomic E-state index is 1.04. The van der Waals surface area contributed by atoms with Crippen molar-refractivity contribution in [3.05, 3.63) is 42.1 Å². The van der Waals surface area contributed by atoms with E-state index in [1.165, 1.54) is 17.4 Å². The summed E-state index contributed by atoms with van der Waals surface area (Å²) in [6.45, 7) is 4.33. The predicted octanol–water partition coefficient (Wildman–Crippen LogP) is 2.78. The molecule has 0 saturated heterocycles. The Labute approximate surface area is 96.7 Å². The molecule has 1 N–H and O–H groups in total. The number of benzene rings is 1. The van der Waals surface area contributed by atoms with Gasteiger partial charge >= 0.3 is 0 Å². The van der Waals surface area contributed by atoms with Crippen LogP contribution in [0.1, 0.15) is 18.9 Å². The second kappa shape index (κ2) is 5.61. The van der Waals surface area contributed by atoms with E-state index in [0.717, 1.165) is 25.0 Å². The largest absolute Gasteiger partial charge is 0.316 e. The van der Waals surface area contributed by atoms with Gasteiger partial charge in [0.1, 0.15) is 0 Å². The van der Waals surface area contributed by atoms with Gasteiger partial charge in [-0.25, -0.2) is 0 Å². The summed E-state index contributed by atoms with van der Waals surface area (Å²) >= 11 is 0. The van der Waals surface area contributed by atoms with Gasteiger partial charge in [0, 0.05) is 11.6 Å². The molecule has 0 spiro atoms. The van der Waals surface area contributed by atoms with E-state index in [9.17, 15) is 0 Å². The molecule has 2 nitrogen and oxygen atoms in total. The van der Waals surface area contributed by atoms with Crippen molar-refractivity contribution >= 4 is 10.9 Å². The van der Waals surface area contributed by atoms with Crippen molar-refractivity contribution in [2.75, 3.05) is 13.1 Å². The normalized spacial score (nSPS) is 10.8. The van der Waals surface area contributed by atoms with E-state index < -0.39 is 0 Å². The van der Waals surface area contributed by atoms with Crippen LogP contribution >= 0.6 is 0 Å². The highest BCUT2D eigenvalue weighted by atomic mass is 14.8. The zero-order valence-electron chi connectivity index (χ0n) is 9.74. The maximum Gasteiger partial charge on any atom is 0.0704 e. The van der Waals surface area contributed by atoms with Gasteiger partial charge in [-0.1, -0.05) is 25.1 Å². The summed E-state index contributed by atoms with van der Waals surface area (Å²) in [6.07, 6.45) is 4.11. The first-order chi connectivity index (χ1) is 7.92. The second-order valence-electron chi connectivity index (χ2n) is 3.99. The van der Waals surface area contributed by atoms with E-state index in [-0.39, 0.29) is 0 Å². The average Bonchev–Trinajstić information content (AvgIpc) is 2.35. The zero-order chi connectivity index (χ0) is 11.2. The van der Waals surface area contributed by atoms with E-state index in [2.05, 4.69) is 41.5 Å². The molecule has 0 saturated carbocycles. The first-order valence-electron chi connectivity index (χ1n) is 5.95. The average molecular weight is 214 g/mol. The molecule has 1 aromatic carbocycles. The van der Waals surface area contributed by atoms with E-state index >= 15 is 0 Å². The Morgan fingerprint density at radius 3 is 2.94 bits per heavy atom. The van der Waals surface area contributed by atoms with E-state index in [4.69, 9.17) is 0 Å². The first kappa shape index (κ1) is 11.1. The van der Waals surface area contributed by atoms with Crippen LogP contribution < -0.4 is 5.32 Å². The summed E-state index contributed by atoms with van der Waals surface area (Å²) in [5, 5.41) is 4.71. The summed E-state index contributed by atoms with van der Waals surface area (Å²) in [5.41, 5.74) is 2.48. The number of fused-ring (bicyclic) bond motifs is 1. The molecule has 0 radical (unpaired) electrons. The van der Waals surface area contributed by atoms with Gasteiger partial charge in [-0.2, -0.15) is 0 Å². The fourth-order valence-electron chi connectivity index (χ4n) is 1.91. The molecule has 0 atom stereocenters. The van der Waals surface area contributed by atoms with Crippen LogP contribution in [0.4, 0.5) is 0 Å². The fraction of sp³-hybridized carbons (Fsp3) is 0.357. The van der Waals surface area contributed by atoms with Crippen LogP contribution in [0.3, 0.4) is 0 Å². The molecule has 1 heterocycles. The molecule has 2 rings (SSSR count). The smallest absolute Gasteiger partial charge is 0.0704 e. The van der Waals surface area contributed by atoms with Crippen molar-refractivity contribution in [1.29, 1.82) is 0 Å². The van der Waals surface area contributed by atoms with Crippen molar-refractivity contribution in [2.24, 2.45) is 0 Å². The quantitative estimate of drug-likeness (QED) is 0.774. The molecule has 84 valence electrons. The molecule has 16 heavy (non-hydrogen) atoms. The Balaban J connectivity index is 2.11. The summed E-state index contributed by atoms with van der Waals surface area (Å²) in [6, 6.07) is 10.5. The summed E-state index contributed by atoms with van der Waals surface area (Å²) in [5.74, 6) is 0. The molecule has 0 unspecified atom stereocenters. The van der Waals surface area contributed by atoms with E-state index in [0.29, 0.717) is 0 Å². The van der Waals surface area contributed by atoms with Crippen LogP contribution in [0.25, 0.3) is 10.9 Å². The second-order valence-corrected chi connectivity index (χ2v) is 3.99. The maximum atomic E-state index is 4.37. The number of hydrogen-bond donors (Lipinski definition) is 1. The molecule has 2 aromatic rings. The monoisotopic (exact) mass is 214 g/mol. The highest BCUT2D eigenvalue weighted by Gasteiger charge is 2.00. The van der Waals surface area contributed by atoms with Crippen LogP contribution in [0.2, 0.25) is 0 Å². The Morgan fingerprint density at radius 2 is 2.06 bits per heavy atom. The van der Waals surface area contributed by atoms with Crippen LogP contribution in [-0.2, 0) is 6.42 Å². The summed E-state index contributed by atoms with van der Waals surface area (Å²) in [7, 11) is 0. The van der Waals surface area contributed by atoms with Gasteiger partial charge in [-0.05, 0) is 43.6 Å². The predicted molar refractivity (Wildman–Crippen MR) is 68.6 cm³/mol. The van der Waals surface area contributed by atoms with Crippen molar-refractivity contribution in [3.63, 3.8) is 0 Å². The Bertz CT molecular complexity index is 446. The Morgan fingerprint density at radius 1 is 1.12 bits per heavy atom. The molecule has 0 fully saturated rings. The SMILES string of the molecule is CCCNCCc1cccc2ncccc12. The molecular formula is C14H18N2. The standard InChI is InChI=1S/C14H18N2/c1-2-9-15-11-8-12-5-3-7-14-13(12)6-4-10-16-14/h3-7,10,15H,2,8-9,11H2,1H3. The topological polar surface area (TPSA) is 24.9 Å². The van der Waals surface area contributed by atoms with Gasteiger partial charge in [-0.3, -0.25) is 4.98 Å². The van der Waals surface area contributed by atoms with Crippen LogP contribution in [0.15, 0.2) is 36.5 Å². The summed E-state index contributed by atoms with van der Waals surface area (Å²) < 4.78 is 0. The molecule has 0 amide bonds. The van der Waals surface area contributed by atoms with Crippen LogP contribution in [-0.4, -0.2) is 18.1 Å². The Hall–Kier alpha value is -1.41. The van der Waals surface area contributed by atoms with Crippen molar-refractivity contribution in [2.45, 2.75) is 19.8 Å². The number of aromatic nitrogens is 1. The zero-order valence-corrected chi connectivity index (χ0v) is 9.74. The van der Waals surface area contributed by atoms with Crippen molar-refractivity contribution in [1.82, 2.24) is 10.3 Å². The van der Waals surface area contributed by atoms with Gasteiger partial charge in [-0.15, -0.1) is 0 Å². The molecular weight excluding hydrogens is 196 g/mol. The third kappa shape index (κ3) is 2.58. The fourth-order valence-corrected chi connectivity index (χ4v) is 1.91. The van der Waals surface area contributed by atoms with Crippen LogP contribution in [0, 0.1) is 0 Å². The molecule has 0 aliphatic rings. The highest BCUT2D eigenvalue weighted by molar-refractivity contribution is 5.81. The van der Waals surface area contributed by atoms with Gasteiger partial charge in [0.05, 0.1) is 5.52 Å². The minimum Gasteiger partial charge on any atom is -0.316 e. The third-order valence-corrected chi connectivity index (χ3v) is 2.73. The van der Waals surface area contributed by atoms with Gasteiger partial charge in [0.2, 0.25) is 0 Å². The lowest BCUT2D eigenvalue weighted by Crippen LogP contribution is -2.17. The highest BCUT2D eigenvalue weighted by Crippen LogP contribution is 2.16. The minimum atomic E-state index is 1.04. The van der Waals surface area contributed by atoms with Gasteiger partial charge < -0.3 is 5.32 Å². The summed E-state index contributed by atoms with van der Waals surface area (Å²) in [4.78, 5) is 4.37. The molecule has 0 aliphatic carbocycles. The maximum absolute atomic E-state index is 4.37. The third-order valence-electron chi connectivity index (χ3n) is 2.73. The Kier molecular flexibility index (Phi) is 3.89. The first-order valence-corrected chi connectivity index (χ1v) is 5.95. The van der Waals surface area contributed by atoms with E-state index in [1.807, 2.05) is 12.3 Å². The van der Waals surface area contributed by atoms with Gasteiger partial charge in [0.15, 0.2) is 0 Å². The lowest BCUT2D eigenvalue weighted by Gasteiger charge is -2.06. The van der Waals surface area contributed by atoms with Gasteiger partial charge in [0.25, 0.3) is 0 Å².